The van der Waals surface area contributed by atoms with E-state index in [1.54, 1.807) is 18.3 Å². The average Bonchev–Trinajstić information content (AvgIpc) is 2.95. The second kappa shape index (κ2) is 6.79. The Balaban J connectivity index is 1.89. The highest BCUT2D eigenvalue weighted by molar-refractivity contribution is 8.01. The molecule has 2 aliphatic rings. The van der Waals surface area contributed by atoms with Gasteiger partial charge >= 0.3 is 0 Å². The average molecular weight is 366 g/mol. The summed E-state index contributed by atoms with van der Waals surface area (Å²) in [6.07, 6.45) is 2.33. The van der Waals surface area contributed by atoms with E-state index in [2.05, 4.69) is 62.2 Å². The van der Waals surface area contributed by atoms with Crippen molar-refractivity contribution >= 4 is 17.3 Å². The number of ether oxygens (including phenoxy) is 1. The van der Waals surface area contributed by atoms with Gasteiger partial charge in [-0.1, -0.05) is 35.4 Å². The molecule has 1 fully saturated rings. The van der Waals surface area contributed by atoms with Crippen LogP contribution in [0.4, 0.5) is 0 Å². The molecule has 2 nitrogen and oxygen atoms in total. The van der Waals surface area contributed by atoms with Crippen LogP contribution in [0.5, 0.6) is 5.75 Å². The van der Waals surface area contributed by atoms with Gasteiger partial charge < -0.3 is 9.64 Å². The SMILES string of the molecule is COc1cccc(C2(C)Sc3ccc(C)cc3C2=C2CCN(C)CC2)c1. The standard InChI is InChI=1S/C23H27NOS/c1-16-8-9-21-20(14-16)22(17-10-12-24(3)13-11-17)23(2,26-21)18-6-5-7-19(15-18)25-4/h5-9,14-15H,10-13H2,1-4H3. The van der Waals surface area contributed by atoms with Crippen molar-refractivity contribution in [1.29, 1.82) is 0 Å². The van der Waals surface area contributed by atoms with Crippen LogP contribution in [0.25, 0.3) is 5.57 Å². The number of hydrogen-bond donors (Lipinski definition) is 0. The lowest BCUT2D eigenvalue weighted by atomic mass is 9.81. The summed E-state index contributed by atoms with van der Waals surface area (Å²) >= 11 is 1.99. The zero-order chi connectivity index (χ0) is 18.3. The fourth-order valence-electron chi connectivity index (χ4n) is 4.25. The zero-order valence-corrected chi connectivity index (χ0v) is 17.0. The first-order valence-corrected chi connectivity index (χ1v) is 10.2. The third-order valence-corrected chi connectivity index (χ3v) is 7.18. The predicted molar refractivity (Wildman–Crippen MR) is 111 cm³/mol. The molecule has 26 heavy (non-hydrogen) atoms. The van der Waals surface area contributed by atoms with E-state index in [1.807, 2.05) is 17.8 Å². The molecule has 2 aromatic carbocycles. The highest BCUT2D eigenvalue weighted by Gasteiger charge is 2.42. The minimum atomic E-state index is -0.0596. The van der Waals surface area contributed by atoms with Crippen LogP contribution in [0.15, 0.2) is 52.9 Å². The summed E-state index contributed by atoms with van der Waals surface area (Å²) in [5, 5.41) is 0. The van der Waals surface area contributed by atoms with E-state index in [0.717, 1.165) is 18.8 Å². The first kappa shape index (κ1) is 17.7. The molecule has 1 saturated heterocycles. The number of rotatable bonds is 2. The van der Waals surface area contributed by atoms with Crippen molar-refractivity contribution in [3.63, 3.8) is 0 Å². The molecule has 2 aliphatic heterocycles. The highest BCUT2D eigenvalue weighted by atomic mass is 32.2. The highest BCUT2D eigenvalue weighted by Crippen LogP contribution is 2.60. The first-order chi connectivity index (χ1) is 12.5. The molecule has 0 bridgehead atoms. The third kappa shape index (κ3) is 2.97. The first-order valence-electron chi connectivity index (χ1n) is 9.37. The van der Waals surface area contributed by atoms with E-state index in [0.29, 0.717) is 0 Å². The summed E-state index contributed by atoms with van der Waals surface area (Å²) in [4.78, 5) is 3.84. The van der Waals surface area contributed by atoms with Crippen LogP contribution in [-0.4, -0.2) is 32.1 Å². The van der Waals surface area contributed by atoms with Gasteiger partial charge in [0.1, 0.15) is 5.75 Å². The molecular weight excluding hydrogens is 338 g/mol. The maximum absolute atomic E-state index is 5.52. The van der Waals surface area contributed by atoms with Crippen LogP contribution in [0.1, 0.15) is 36.5 Å². The van der Waals surface area contributed by atoms with Crippen molar-refractivity contribution in [2.45, 2.75) is 36.3 Å². The van der Waals surface area contributed by atoms with Crippen LogP contribution in [-0.2, 0) is 4.75 Å². The fourth-order valence-corrected chi connectivity index (χ4v) is 5.69. The minimum absolute atomic E-state index is 0.0596. The summed E-state index contributed by atoms with van der Waals surface area (Å²) in [7, 11) is 3.97. The Hall–Kier alpha value is -1.71. The molecule has 1 atom stereocenters. The lowest BCUT2D eigenvalue weighted by Gasteiger charge is -2.32. The number of methoxy groups -OCH3 is 1. The van der Waals surface area contributed by atoms with E-state index in [-0.39, 0.29) is 4.75 Å². The molecule has 1 unspecified atom stereocenters. The van der Waals surface area contributed by atoms with Crippen molar-refractivity contribution in [3.05, 3.63) is 64.7 Å². The molecule has 0 spiro atoms. The number of nitrogens with zero attached hydrogens (tertiary/aromatic N) is 1. The maximum Gasteiger partial charge on any atom is 0.119 e. The van der Waals surface area contributed by atoms with Gasteiger partial charge in [0, 0.05) is 18.0 Å². The van der Waals surface area contributed by atoms with Gasteiger partial charge in [0.05, 0.1) is 11.9 Å². The lowest BCUT2D eigenvalue weighted by Crippen LogP contribution is -2.28. The number of thioether (sulfide) groups is 1. The zero-order valence-electron chi connectivity index (χ0n) is 16.1. The number of benzene rings is 2. The summed E-state index contributed by atoms with van der Waals surface area (Å²) < 4.78 is 5.46. The number of likely N-dealkylation sites (tertiary alicyclic amines) is 1. The Bertz CT molecular complexity index is 862. The maximum atomic E-state index is 5.52. The van der Waals surface area contributed by atoms with Gasteiger partial charge in [0.15, 0.2) is 0 Å². The van der Waals surface area contributed by atoms with Gasteiger partial charge in [-0.25, -0.2) is 0 Å². The van der Waals surface area contributed by atoms with Crippen molar-refractivity contribution in [1.82, 2.24) is 4.90 Å². The Morgan fingerprint density at radius 2 is 1.85 bits per heavy atom. The van der Waals surface area contributed by atoms with Crippen molar-refractivity contribution in [2.24, 2.45) is 0 Å². The fraction of sp³-hybridized carbons (Fsp3) is 0.391. The normalized spacial score (nSPS) is 23.2. The second-order valence-electron chi connectivity index (χ2n) is 7.65. The molecule has 0 radical (unpaired) electrons. The summed E-state index contributed by atoms with van der Waals surface area (Å²) in [5.41, 5.74) is 7.29. The number of piperidine rings is 1. The molecule has 0 aromatic heterocycles. The Labute approximate surface area is 161 Å². The van der Waals surface area contributed by atoms with Crippen LogP contribution in [0.2, 0.25) is 0 Å². The van der Waals surface area contributed by atoms with Crippen LogP contribution < -0.4 is 4.74 Å². The molecule has 0 amide bonds. The Kier molecular flexibility index (Phi) is 4.62. The van der Waals surface area contributed by atoms with Crippen LogP contribution >= 0.6 is 11.8 Å². The summed E-state index contributed by atoms with van der Waals surface area (Å²) in [6, 6.07) is 15.5. The van der Waals surface area contributed by atoms with Crippen molar-refractivity contribution in [2.75, 3.05) is 27.2 Å². The third-order valence-electron chi connectivity index (χ3n) is 5.76. The smallest absolute Gasteiger partial charge is 0.119 e. The molecular formula is C23H27NOS. The Morgan fingerprint density at radius 3 is 2.58 bits per heavy atom. The molecule has 3 heteroatoms. The number of hydrogen-bond acceptors (Lipinski definition) is 3. The largest absolute Gasteiger partial charge is 0.497 e. The van der Waals surface area contributed by atoms with E-state index in [9.17, 15) is 0 Å². The summed E-state index contributed by atoms with van der Waals surface area (Å²) in [6.45, 7) is 6.89. The molecule has 0 aliphatic carbocycles. The van der Waals surface area contributed by atoms with Crippen molar-refractivity contribution in [3.8, 4) is 5.75 Å². The number of aryl methyl sites for hydroxylation is 1. The molecule has 0 N–H and O–H groups in total. The lowest BCUT2D eigenvalue weighted by molar-refractivity contribution is 0.312. The van der Waals surface area contributed by atoms with Gasteiger partial charge in [0.25, 0.3) is 0 Å². The van der Waals surface area contributed by atoms with Crippen LogP contribution in [0.3, 0.4) is 0 Å². The van der Waals surface area contributed by atoms with E-state index < -0.39 is 0 Å². The van der Waals surface area contributed by atoms with Gasteiger partial charge in [-0.2, -0.15) is 0 Å². The topological polar surface area (TPSA) is 12.5 Å². The van der Waals surface area contributed by atoms with Crippen LogP contribution in [0, 0.1) is 6.92 Å². The molecule has 4 rings (SSSR count). The van der Waals surface area contributed by atoms with Gasteiger partial charge in [-0.3, -0.25) is 0 Å². The predicted octanol–water partition coefficient (Wildman–Crippen LogP) is 5.50. The quantitative estimate of drug-likeness (QED) is 0.697. The van der Waals surface area contributed by atoms with Crippen molar-refractivity contribution < 1.29 is 4.74 Å². The Morgan fingerprint density at radius 1 is 1.08 bits per heavy atom. The molecule has 2 heterocycles. The second-order valence-corrected chi connectivity index (χ2v) is 9.11. The monoisotopic (exact) mass is 365 g/mol. The van der Waals surface area contributed by atoms with Gasteiger partial charge in [-0.15, -0.1) is 11.8 Å². The van der Waals surface area contributed by atoms with E-state index >= 15 is 0 Å². The minimum Gasteiger partial charge on any atom is -0.497 e. The summed E-state index contributed by atoms with van der Waals surface area (Å²) in [5.74, 6) is 0.934. The van der Waals surface area contributed by atoms with Gasteiger partial charge in [-0.05, 0) is 68.6 Å². The van der Waals surface area contributed by atoms with E-state index in [4.69, 9.17) is 4.74 Å². The molecule has 2 aromatic rings. The van der Waals surface area contributed by atoms with E-state index in [1.165, 1.54) is 34.4 Å². The van der Waals surface area contributed by atoms with Gasteiger partial charge in [0.2, 0.25) is 0 Å². The molecule has 0 saturated carbocycles. The molecule has 136 valence electrons. The number of fused-ring (bicyclic) bond motifs is 1.